The van der Waals surface area contributed by atoms with Crippen LogP contribution in [0.15, 0.2) is 16.4 Å². The molecule has 0 aliphatic heterocycles. The minimum absolute atomic E-state index is 0.287. The maximum Gasteiger partial charge on any atom is 0.247 e. The van der Waals surface area contributed by atoms with Crippen molar-refractivity contribution >= 4 is 19.7 Å². The second-order valence-corrected chi connectivity index (χ2v) is 8.83. The van der Waals surface area contributed by atoms with Gasteiger partial charge in [-0.05, 0) is 19.4 Å². The van der Waals surface area contributed by atoms with Gasteiger partial charge in [0.1, 0.15) is 6.20 Å². The average molecular weight is 355 g/mol. The van der Waals surface area contributed by atoms with Crippen molar-refractivity contribution in [3.05, 3.63) is 23.7 Å². The monoisotopic (exact) mass is 355 g/mol. The molecule has 0 N–H and O–H groups in total. The van der Waals surface area contributed by atoms with Crippen molar-refractivity contribution in [1.82, 2.24) is 19.9 Å². The number of aryl methyl sites for hydroxylation is 2. The number of sulfone groups is 2. The summed E-state index contributed by atoms with van der Waals surface area (Å²) < 4.78 is 46.4. The molecule has 0 unspecified atom stereocenters. The molecular formula is C13H15N4O4S2. The topological polar surface area (TPSA) is 120 Å². The zero-order chi connectivity index (χ0) is 17.4. The largest absolute Gasteiger partial charge is 0.247 e. The zero-order valence-corrected chi connectivity index (χ0v) is 14.7. The highest BCUT2D eigenvalue weighted by Gasteiger charge is 2.19. The van der Waals surface area contributed by atoms with E-state index in [0.717, 1.165) is 12.5 Å². The van der Waals surface area contributed by atoms with Crippen LogP contribution in [0, 0.1) is 13.1 Å². The molecular weight excluding hydrogens is 340 g/mol. The summed E-state index contributed by atoms with van der Waals surface area (Å²) in [5.74, 6) is 0. The molecule has 0 atom stereocenters. The van der Waals surface area contributed by atoms with Gasteiger partial charge in [-0.2, -0.15) is 0 Å². The molecule has 0 aliphatic rings. The lowest BCUT2D eigenvalue weighted by atomic mass is 10.1. The number of aromatic nitrogens is 4. The van der Waals surface area contributed by atoms with Gasteiger partial charge in [0.25, 0.3) is 0 Å². The van der Waals surface area contributed by atoms with Gasteiger partial charge >= 0.3 is 0 Å². The van der Waals surface area contributed by atoms with Gasteiger partial charge in [-0.25, -0.2) is 36.8 Å². The van der Waals surface area contributed by atoms with Gasteiger partial charge in [-0.3, -0.25) is 0 Å². The molecule has 0 aromatic carbocycles. The molecule has 2 aromatic heterocycles. The third kappa shape index (κ3) is 3.88. The Bertz CT molecular complexity index is 969. The highest BCUT2D eigenvalue weighted by Crippen LogP contribution is 2.22. The summed E-state index contributed by atoms with van der Waals surface area (Å²) in [6.07, 6.45) is 5.04. The van der Waals surface area contributed by atoms with Gasteiger partial charge in [0.2, 0.25) is 30.0 Å². The van der Waals surface area contributed by atoms with Crippen molar-refractivity contribution in [2.75, 3.05) is 12.5 Å². The highest BCUT2D eigenvalue weighted by atomic mass is 32.2. The molecule has 123 valence electrons. The van der Waals surface area contributed by atoms with E-state index in [2.05, 4.69) is 26.1 Å². The Morgan fingerprint density at radius 3 is 2.13 bits per heavy atom. The van der Waals surface area contributed by atoms with Gasteiger partial charge in [-0.1, -0.05) is 6.92 Å². The van der Waals surface area contributed by atoms with Crippen molar-refractivity contribution in [1.29, 1.82) is 0 Å². The van der Waals surface area contributed by atoms with Crippen LogP contribution < -0.4 is 0 Å². The fourth-order valence-electron chi connectivity index (χ4n) is 1.83. The van der Waals surface area contributed by atoms with Crippen molar-refractivity contribution in [2.24, 2.45) is 0 Å². The highest BCUT2D eigenvalue weighted by molar-refractivity contribution is 7.90. The van der Waals surface area contributed by atoms with E-state index in [1.807, 2.05) is 0 Å². The summed E-state index contributed by atoms with van der Waals surface area (Å²) in [5.41, 5.74) is 1.51. The van der Waals surface area contributed by atoms with E-state index >= 15 is 0 Å². The first kappa shape index (κ1) is 17.4. The molecule has 8 nitrogen and oxygen atoms in total. The Morgan fingerprint density at radius 2 is 1.61 bits per heavy atom. The van der Waals surface area contributed by atoms with Crippen molar-refractivity contribution < 1.29 is 16.8 Å². The van der Waals surface area contributed by atoms with Crippen LogP contribution in [0.1, 0.15) is 18.3 Å². The first-order chi connectivity index (χ1) is 10.5. The fourth-order valence-corrected chi connectivity index (χ4v) is 2.89. The Morgan fingerprint density at radius 1 is 1.00 bits per heavy atom. The summed E-state index contributed by atoms with van der Waals surface area (Å²) in [6, 6.07) is 1.57. The van der Waals surface area contributed by atoms with Gasteiger partial charge in [0.05, 0.1) is 11.4 Å². The van der Waals surface area contributed by atoms with E-state index in [-0.39, 0.29) is 16.0 Å². The lowest BCUT2D eigenvalue weighted by molar-refractivity contribution is 0.591. The number of rotatable bonds is 4. The van der Waals surface area contributed by atoms with E-state index in [9.17, 15) is 16.8 Å². The van der Waals surface area contributed by atoms with Gasteiger partial charge in [0.15, 0.2) is 0 Å². The zero-order valence-electron chi connectivity index (χ0n) is 13.0. The quantitative estimate of drug-likeness (QED) is 0.723. The molecule has 0 fully saturated rings. The summed E-state index contributed by atoms with van der Waals surface area (Å²) >= 11 is 0. The van der Waals surface area contributed by atoms with E-state index in [1.54, 1.807) is 19.9 Å². The summed E-state index contributed by atoms with van der Waals surface area (Å²) in [5, 5.41) is -0.637. The van der Waals surface area contributed by atoms with Crippen molar-refractivity contribution in [3.63, 3.8) is 0 Å². The first-order valence-corrected chi connectivity index (χ1v) is 10.4. The van der Waals surface area contributed by atoms with E-state index in [1.165, 1.54) is 0 Å². The molecule has 0 aliphatic carbocycles. The third-order valence-corrected chi connectivity index (χ3v) is 4.56. The first-order valence-electron chi connectivity index (χ1n) is 6.57. The predicted octanol–water partition coefficient (Wildman–Crippen LogP) is 0.412. The predicted molar refractivity (Wildman–Crippen MR) is 82.2 cm³/mol. The van der Waals surface area contributed by atoms with Crippen LogP contribution in [0.2, 0.25) is 0 Å². The van der Waals surface area contributed by atoms with Crippen molar-refractivity contribution in [2.45, 2.75) is 30.6 Å². The Labute approximate surface area is 134 Å². The van der Waals surface area contributed by atoms with E-state index in [4.69, 9.17) is 0 Å². The SMILES string of the molecule is CCc1nc(S(C)(=O)=O)n[c]c1-c1cc(C)nc(S(C)(=O)=O)n1. The molecule has 0 bridgehead atoms. The van der Waals surface area contributed by atoms with Crippen LogP contribution in [-0.4, -0.2) is 49.3 Å². The van der Waals surface area contributed by atoms with Gasteiger partial charge < -0.3 is 0 Å². The van der Waals surface area contributed by atoms with E-state index in [0.29, 0.717) is 23.4 Å². The minimum atomic E-state index is -3.58. The maximum atomic E-state index is 11.7. The Balaban J connectivity index is 2.70. The molecule has 0 spiro atoms. The maximum absolute atomic E-state index is 11.7. The lowest BCUT2D eigenvalue weighted by Crippen LogP contribution is -2.10. The van der Waals surface area contributed by atoms with Crippen LogP contribution in [0.4, 0.5) is 0 Å². The minimum Gasteiger partial charge on any atom is -0.224 e. The van der Waals surface area contributed by atoms with Crippen LogP contribution >= 0.6 is 0 Å². The summed E-state index contributed by atoms with van der Waals surface area (Å²) in [4.78, 5) is 15.7. The van der Waals surface area contributed by atoms with Gasteiger partial charge in [-0.15, -0.1) is 0 Å². The summed E-state index contributed by atoms with van der Waals surface area (Å²) in [7, 11) is -7.14. The van der Waals surface area contributed by atoms with Crippen LogP contribution in [0.5, 0.6) is 0 Å². The average Bonchev–Trinajstić information content (AvgIpc) is 2.44. The molecule has 0 saturated heterocycles. The molecule has 0 saturated carbocycles. The number of nitrogens with zero attached hydrogens (tertiary/aromatic N) is 4. The molecule has 2 rings (SSSR count). The fraction of sp³-hybridized carbons (Fsp3) is 0.385. The molecule has 1 radical (unpaired) electrons. The smallest absolute Gasteiger partial charge is 0.224 e. The normalized spacial score (nSPS) is 12.3. The Kier molecular flexibility index (Phi) is 4.49. The molecule has 0 amide bonds. The summed E-state index contributed by atoms with van der Waals surface area (Å²) in [6.45, 7) is 3.43. The van der Waals surface area contributed by atoms with Crippen LogP contribution in [-0.2, 0) is 26.1 Å². The van der Waals surface area contributed by atoms with E-state index < -0.39 is 19.7 Å². The van der Waals surface area contributed by atoms with Crippen molar-refractivity contribution in [3.8, 4) is 11.3 Å². The number of hydrogen-bond acceptors (Lipinski definition) is 8. The molecule has 23 heavy (non-hydrogen) atoms. The van der Waals surface area contributed by atoms with Crippen LogP contribution in [0.3, 0.4) is 0 Å². The molecule has 2 heterocycles. The standard InChI is InChI=1S/C13H15N4O4S2/c1-5-10-9(7-14-12(16-10)22(3,18)19)11-6-8(2)15-13(17-11)23(4,20)21/h6H,5H2,1-4H3. The van der Waals surface area contributed by atoms with Crippen LogP contribution in [0.25, 0.3) is 11.3 Å². The third-order valence-electron chi connectivity index (χ3n) is 2.87. The second kappa shape index (κ2) is 5.93. The van der Waals surface area contributed by atoms with Gasteiger partial charge in [0, 0.05) is 23.8 Å². The second-order valence-electron chi connectivity index (χ2n) is 5.01. The lowest BCUT2D eigenvalue weighted by Gasteiger charge is -2.09. The Hall–Kier alpha value is -1.94. The number of hydrogen-bond donors (Lipinski definition) is 0. The molecule has 2 aromatic rings. The molecule has 10 heteroatoms.